The van der Waals surface area contributed by atoms with Crippen LogP contribution in [0.25, 0.3) is 0 Å². The third-order valence-corrected chi connectivity index (χ3v) is 3.24. The molecule has 0 amide bonds. The van der Waals surface area contributed by atoms with Crippen LogP contribution in [0.5, 0.6) is 0 Å². The van der Waals surface area contributed by atoms with E-state index >= 15 is 0 Å². The molecule has 0 spiro atoms. The van der Waals surface area contributed by atoms with Crippen molar-refractivity contribution in [1.82, 2.24) is 0 Å². The lowest BCUT2D eigenvalue weighted by molar-refractivity contribution is -0.928. The van der Waals surface area contributed by atoms with Gasteiger partial charge in [0.25, 0.3) is 0 Å². The Hall–Kier alpha value is -0.570. The van der Waals surface area contributed by atoms with E-state index in [0.29, 0.717) is 12.2 Å². The van der Waals surface area contributed by atoms with Gasteiger partial charge in [0.15, 0.2) is 0 Å². The fraction of sp³-hybridized carbons (Fsp3) is 0.538. The zero-order valence-corrected chi connectivity index (χ0v) is 10.6. The molecule has 2 nitrogen and oxygen atoms in total. The molecule has 2 rings (SSSR count). The average molecular weight is 241 g/mol. The quantitative estimate of drug-likeness (QED) is 0.828. The Morgan fingerprint density at radius 1 is 1.19 bits per heavy atom. The van der Waals surface area contributed by atoms with Crippen molar-refractivity contribution in [2.24, 2.45) is 0 Å². The zero-order valence-electron chi connectivity index (χ0n) is 9.87. The van der Waals surface area contributed by atoms with E-state index in [1.807, 2.05) is 12.1 Å². The molecule has 0 radical (unpaired) electrons. The molecule has 1 aliphatic heterocycles. The molecule has 0 aromatic heterocycles. The molecule has 0 aliphatic carbocycles. The highest BCUT2D eigenvalue weighted by atomic mass is 35.5. The van der Waals surface area contributed by atoms with Crippen LogP contribution in [0.15, 0.2) is 24.3 Å². The number of morpholine rings is 1. The van der Waals surface area contributed by atoms with Gasteiger partial charge in [-0.15, -0.1) is 0 Å². The van der Waals surface area contributed by atoms with Gasteiger partial charge >= 0.3 is 0 Å². The Labute approximate surface area is 102 Å². The molecule has 88 valence electrons. The lowest BCUT2D eigenvalue weighted by atomic mass is 10.1. The van der Waals surface area contributed by atoms with Crippen molar-refractivity contribution < 1.29 is 9.64 Å². The van der Waals surface area contributed by atoms with Crippen LogP contribution >= 0.6 is 11.6 Å². The number of quaternary nitrogens is 1. The van der Waals surface area contributed by atoms with Gasteiger partial charge < -0.3 is 9.64 Å². The highest BCUT2D eigenvalue weighted by Gasteiger charge is 2.25. The van der Waals surface area contributed by atoms with Crippen LogP contribution in [0.2, 0.25) is 5.02 Å². The topological polar surface area (TPSA) is 13.7 Å². The highest BCUT2D eigenvalue weighted by Crippen LogP contribution is 2.09. The van der Waals surface area contributed by atoms with E-state index in [-0.39, 0.29) is 0 Å². The molecule has 3 heteroatoms. The number of rotatable bonds is 2. The maximum absolute atomic E-state index is 5.87. The lowest BCUT2D eigenvalue weighted by Crippen LogP contribution is -3.14. The molecule has 0 saturated carbocycles. The number of halogens is 1. The third kappa shape index (κ3) is 3.21. The summed E-state index contributed by atoms with van der Waals surface area (Å²) in [5, 5.41) is 0.808. The van der Waals surface area contributed by atoms with E-state index in [4.69, 9.17) is 16.3 Å². The van der Waals surface area contributed by atoms with Crippen LogP contribution in [-0.4, -0.2) is 25.3 Å². The summed E-state index contributed by atoms with van der Waals surface area (Å²) in [5.41, 5.74) is 1.35. The van der Waals surface area contributed by atoms with Crippen molar-refractivity contribution in [1.29, 1.82) is 0 Å². The van der Waals surface area contributed by atoms with Crippen molar-refractivity contribution in [3.8, 4) is 0 Å². The number of hydrogen-bond acceptors (Lipinski definition) is 1. The Morgan fingerprint density at radius 2 is 1.75 bits per heavy atom. The summed E-state index contributed by atoms with van der Waals surface area (Å²) in [7, 11) is 0. The van der Waals surface area contributed by atoms with Gasteiger partial charge in [0.05, 0.1) is 0 Å². The zero-order chi connectivity index (χ0) is 11.5. The van der Waals surface area contributed by atoms with Gasteiger partial charge in [0, 0.05) is 10.6 Å². The molecule has 1 aromatic rings. The largest absolute Gasteiger partial charge is 0.364 e. The van der Waals surface area contributed by atoms with Gasteiger partial charge in [-0.1, -0.05) is 23.7 Å². The Balaban J connectivity index is 1.96. The van der Waals surface area contributed by atoms with E-state index in [1.54, 1.807) is 4.90 Å². The van der Waals surface area contributed by atoms with Crippen LogP contribution in [0.4, 0.5) is 0 Å². The minimum atomic E-state index is 0.367. The second-order valence-corrected chi connectivity index (χ2v) is 5.16. The first-order valence-corrected chi connectivity index (χ1v) is 6.25. The van der Waals surface area contributed by atoms with Gasteiger partial charge in [0.2, 0.25) is 0 Å². The van der Waals surface area contributed by atoms with Gasteiger partial charge in [-0.2, -0.15) is 0 Å². The van der Waals surface area contributed by atoms with E-state index < -0.39 is 0 Å². The van der Waals surface area contributed by atoms with Crippen LogP contribution in [0.3, 0.4) is 0 Å². The first kappa shape index (κ1) is 11.9. The molecular formula is C13H19ClNO+. The fourth-order valence-electron chi connectivity index (χ4n) is 2.42. The number of benzene rings is 1. The molecule has 2 atom stereocenters. The molecule has 1 N–H and O–H groups in total. The monoisotopic (exact) mass is 240 g/mol. The molecule has 1 saturated heterocycles. The van der Waals surface area contributed by atoms with Gasteiger partial charge in [-0.25, -0.2) is 0 Å². The summed E-state index contributed by atoms with van der Waals surface area (Å²) in [6.45, 7) is 7.55. The Morgan fingerprint density at radius 3 is 2.31 bits per heavy atom. The molecule has 1 aliphatic rings. The Kier molecular flexibility index (Phi) is 3.85. The van der Waals surface area contributed by atoms with Crippen molar-refractivity contribution in [2.45, 2.75) is 32.6 Å². The minimum Gasteiger partial charge on any atom is -0.364 e. The SMILES string of the molecule is C[C@H]1C[NH+](Cc2ccc(Cl)cc2)C[C@H](C)O1. The molecule has 1 heterocycles. The van der Waals surface area contributed by atoms with E-state index in [9.17, 15) is 0 Å². The van der Waals surface area contributed by atoms with Crippen LogP contribution < -0.4 is 4.90 Å². The fourth-order valence-corrected chi connectivity index (χ4v) is 2.55. The second-order valence-electron chi connectivity index (χ2n) is 4.72. The normalized spacial score (nSPS) is 30.3. The van der Waals surface area contributed by atoms with Crippen LogP contribution in [-0.2, 0) is 11.3 Å². The second kappa shape index (κ2) is 5.17. The van der Waals surface area contributed by atoms with E-state index in [0.717, 1.165) is 24.7 Å². The molecule has 1 fully saturated rings. The molecular weight excluding hydrogens is 222 g/mol. The average Bonchev–Trinajstić information content (AvgIpc) is 2.20. The van der Waals surface area contributed by atoms with Gasteiger partial charge in [-0.05, 0) is 26.0 Å². The summed E-state index contributed by atoms with van der Waals surface area (Å²) in [5.74, 6) is 0. The first-order valence-electron chi connectivity index (χ1n) is 5.87. The van der Waals surface area contributed by atoms with Crippen molar-refractivity contribution in [3.05, 3.63) is 34.9 Å². The third-order valence-electron chi connectivity index (χ3n) is 2.98. The van der Waals surface area contributed by atoms with Crippen LogP contribution in [0, 0.1) is 0 Å². The number of hydrogen-bond donors (Lipinski definition) is 1. The summed E-state index contributed by atoms with van der Waals surface area (Å²) in [6, 6.07) is 8.15. The molecule has 1 aromatic carbocycles. The summed E-state index contributed by atoms with van der Waals surface area (Å²) < 4.78 is 5.73. The predicted molar refractivity (Wildman–Crippen MR) is 65.9 cm³/mol. The van der Waals surface area contributed by atoms with Crippen molar-refractivity contribution >= 4 is 11.6 Å². The van der Waals surface area contributed by atoms with E-state index in [2.05, 4.69) is 26.0 Å². The first-order chi connectivity index (χ1) is 7.63. The summed E-state index contributed by atoms with van der Waals surface area (Å²) in [4.78, 5) is 1.59. The number of ether oxygens (including phenoxy) is 1. The van der Waals surface area contributed by atoms with Gasteiger partial charge in [0.1, 0.15) is 31.8 Å². The minimum absolute atomic E-state index is 0.367. The maximum Gasteiger partial charge on any atom is 0.104 e. The van der Waals surface area contributed by atoms with E-state index in [1.165, 1.54) is 5.56 Å². The molecule has 0 unspecified atom stereocenters. The smallest absolute Gasteiger partial charge is 0.104 e. The highest BCUT2D eigenvalue weighted by molar-refractivity contribution is 6.30. The summed E-state index contributed by atoms with van der Waals surface area (Å²) in [6.07, 6.45) is 0.733. The molecule has 0 bridgehead atoms. The van der Waals surface area contributed by atoms with Gasteiger partial charge in [-0.3, -0.25) is 0 Å². The standard InChI is InChI=1S/C13H18ClNO/c1-10-7-15(8-11(2)16-10)9-12-3-5-13(14)6-4-12/h3-6,10-11H,7-9H2,1-2H3/p+1/t10-,11-/m0/s1. The van der Waals surface area contributed by atoms with Crippen molar-refractivity contribution in [2.75, 3.05) is 13.1 Å². The number of nitrogens with one attached hydrogen (secondary N) is 1. The maximum atomic E-state index is 5.87. The van der Waals surface area contributed by atoms with Crippen molar-refractivity contribution in [3.63, 3.8) is 0 Å². The van der Waals surface area contributed by atoms with Crippen LogP contribution in [0.1, 0.15) is 19.4 Å². The molecule has 16 heavy (non-hydrogen) atoms. The predicted octanol–water partition coefficient (Wildman–Crippen LogP) is 1.53. The Bertz CT molecular complexity index is 328. The lowest BCUT2D eigenvalue weighted by Gasteiger charge is -2.32. The summed E-state index contributed by atoms with van der Waals surface area (Å²) >= 11 is 5.87.